The summed E-state index contributed by atoms with van der Waals surface area (Å²) in [7, 11) is 0. The molecule has 2 rings (SSSR count). The van der Waals surface area contributed by atoms with E-state index < -0.39 is 5.82 Å². The lowest BCUT2D eigenvalue weighted by molar-refractivity contribution is 0.445. The maximum absolute atomic E-state index is 13.2. The molecule has 0 bridgehead atoms. The number of nitrogens with one attached hydrogen (secondary N) is 1. The quantitative estimate of drug-likeness (QED) is 0.778. The summed E-state index contributed by atoms with van der Waals surface area (Å²) in [5.41, 5.74) is 0.871. The largest absolute Gasteiger partial charge is 0.382 e. The van der Waals surface area contributed by atoms with Crippen LogP contribution in [-0.2, 0) is 0 Å². The zero-order chi connectivity index (χ0) is 9.97. The Labute approximate surface area is 82.4 Å². The summed E-state index contributed by atoms with van der Waals surface area (Å²) in [6.45, 7) is 0. The second-order valence-corrected chi connectivity index (χ2v) is 3.58. The van der Waals surface area contributed by atoms with Crippen molar-refractivity contribution < 1.29 is 4.39 Å². The van der Waals surface area contributed by atoms with Gasteiger partial charge in [-0.2, -0.15) is 5.26 Å². The molecule has 72 valence electrons. The Morgan fingerprint density at radius 3 is 2.71 bits per heavy atom. The van der Waals surface area contributed by atoms with Crippen LogP contribution in [0.5, 0.6) is 0 Å². The molecule has 1 aromatic carbocycles. The predicted octanol–water partition coefficient (Wildman–Crippen LogP) is 2.66. The van der Waals surface area contributed by atoms with Crippen LogP contribution in [0.25, 0.3) is 0 Å². The van der Waals surface area contributed by atoms with E-state index in [1.54, 1.807) is 12.1 Å². The van der Waals surface area contributed by atoms with Gasteiger partial charge in [0.05, 0.1) is 5.56 Å². The molecule has 3 heteroatoms. The van der Waals surface area contributed by atoms with Gasteiger partial charge in [0.25, 0.3) is 0 Å². The lowest BCUT2D eigenvalue weighted by atomic mass is 9.93. The minimum absolute atomic E-state index is 0.101. The van der Waals surface area contributed by atoms with E-state index in [1.807, 2.05) is 0 Å². The average Bonchev–Trinajstić information content (AvgIpc) is 2.12. The normalized spacial score (nSPS) is 15.7. The van der Waals surface area contributed by atoms with Crippen LogP contribution in [0.1, 0.15) is 24.8 Å². The van der Waals surface area contributed by atoms with E-state index in [0.29, 0.717) is 6.04 Å². The molecule has 1 saturated carbocycles. The molecule has 0 aliphatic heterocycles. The van der Waals surface area contributed by atoms with Crippen molar-refractivity contribution in [1.82, 2.24) is 0 Å². The van der Waals surface area contributed by atoms with Gasteiger partial charge in [-0.3, -0.25) is 0 Å². The van der Waals surface area contributed by atoms with Gasteiger partial charge in [-0.15, -0.1) is 0 Å². The third-order valence-corrected chi connectivity index (χ3v) is 2.57. The fourth-order valence-electron chi connectivity index (χ4n) is 1.48. The van der Waals surface area contributed by atoms with Crippen molar-refractivity contribution >= 4 is 5.69 Å². The summed E-state index contributed by atoms with van der Waals surface area (Å²) < 4.78 is 13.2. The third-order valence-electron chi connectivity index (χ3n) is 2.57. The summed E-state index contributed by atoms with van der Waals surface area (Å²) in [6, 6.07) is 6.94. The highest BCUT2D eigenvalue weighted by atomic mass is 19.1. The molecule has 0 amide bonds. The highest BCUT2D eigenvalue weighted by Gasteiger charge is 2.17. The fraction of sp³-hybridized carbons (Fsp3) is 0.364. The van der Waals surface area contributed by atoms with E-state index in [2.05, 4.69) is 5.32 Å². The van der Waals surface area contributed by atoms with Crippen molar-refractivity contribution in [3.63, 3.8) is 0 Å². The van der Waals surface area contributed by atoms with Crippen LogP contribution in [-0.4, -0.2) is 6.04 Å². The molecule has 0 spiro atoms. The molecule has 1 aromatic rings. The van der Waals surface area contributed by atoms with E-state index in [4.69, 9.17) is 5.26 Å². The van der Waals surface area contributed by atoms with Gasteiger partial charge in [-0.05, 0) is 37.5 Å². The van der Waals surface area contributed by atoms with Crippen LogP contribution in [0.2, 0.25) is 0 Å². The number of hydrogen-bond acceptors (Lipinski definition) is 2. The minimum atomic E-state index is -0.447. The van der Waals surface area contributed by atoms with E-state index in [9.17, 15) is 4.39 Å². The van der Waals surface area contributed by atoms with E-state index in [0.717, 1.165) is 18.5 Å². The molecule has 0 saturated heterocycles. The zero-order valence-corrected chi connectivity index (χ0v) is 7.76. The minimum Gasteiger partial charge on any atom is -0.382 e. The van der Waals surface area contributed by atoms with E-state index in [1.165, 1.54) is 18.6 Å². The molecule has 0 aromatic heterocycles. The molecule has 14 heavy (non-hydrogen) atoms. The van der Waals surface area contributed by atoms with Crippen molar-refractivity contribution in [2.75, 3.05) is 5.32 Å². The molecule has 1 aliphatic carbocycles. The summed E-state index contributed by atoms with van der Waals surface area (Å²) in [4.78, 5) is 0. The van der Waals surface area contributed by atoms with Gasteiger partial charge in [0.2, 0.25) is 0 Å². The van der Waals surface area contributed by atoms with Gasteiger partial charge >= 0.3 is 0 Å². The van der Waals surface area contributed by atoms with Gasteiger partial charge < -0.3 is 5.32 Å². The highest BCUT2D eigenvalue weighted by Crippen LogP contribution is 2.24. The van der Waals surface area contributed by atoms with Crippen LogP contribution >= 0.6 is 0 Å². The highest BCUT2D eigenvalue weighted by molar-refractivity contribution is 5.48. The predicted molar refractivity (Wildman–Crippen MR) is 52.4 cm³/mol. The molecular formula is C11H11FN2. The van der Waals surface area contributed by atoms with Gasteiger partial charge in [0.15, 0.2) is 0 Å². The van der Waals surface area contributed by atoms with Crippen molar-refractivity contribution in [2.24, 2.45) is 0 Å². The summed E-state index contributed by atoms with van der Waals surface area (Å²) in [5.74, 6) is -0.447. The number of nitriles is 1. The first kappa shape index (κ1) is 9.01. The molecule has 1 N–H and O–H groups in total. The Morgan fingerprint density at radius 2 is 2.21 bits per heavy atom. The van der Waals surface area contributed by atoms with Crippen LogP contribution in [0, 0.1) is 17.1 Å². The van der Waals surface area contributed by atoms with Crippen LogP contribution in [0.3, 0.4) is 0 Å². The molecule has 0 unspecified atom stereocenters. The fourth-order valence-corrected chi connectivity index (χ4v) is 1.48. The zero-order valence-electron chi connectivity index (χ0n) is 7.76. The Balaban J connectivity index is 2.12. The van der Waals surface area contributed by atoms with E-state index >= 15 is 0 Å². The van der Waals surface area contributed by atoms with Gasteiger partial charge in [-0.1, -0.05) is 0 Å². The monoisotopic (exact) mass is 190 g/mol. The van der Waals surface area contributed by atoms with Crippen LogP contribution in [0.4, 0.5) is 10.1 Å². The first-order valence-electron chi connectivity index (χ1n) is 4.76. The summed E-state index contributed by atoms with van der Waals surface area (Å²) in [5, 5.41) is 11.8. The maximum Gasteiger partial charge on any atom is 0.143 e. The molecule has 0 radical (unpaired) electrons. The number of rotatable bonds is 2. The van der Waals surface area contributed by atoms with Crippen molar-refractivity contribution in [1.29, 1.82) is 5.26 Å². The first-order valence-corrected chi connectivity index (χ1v) is 4.76. The van der Waals surface area contributed by atoms with Crippen LogP contribution < -0.4 is 5.32 Å². The number of anilines is 1. The Kier molecular flexibility index (Phi) is 2.36. The van der Waals surface area contributed by atoms with Crippen molar-refractivity contribution in [2.45, 2.75) is 25.3 Å². The molecular weight excluding hydrogens is 179 g/mol. The maximum atomic E-state index is 13.2. The van der Waals surface area contributed by atoms with Crippen molar-refractivity contribution in [3.8, 4) is 6.07 Å². The smallest absolute Gasteiger partial charge is 0.143 e. The molecule has 1 aliphatic rings. The number of nitrogens with zero attached hydrogens (tertiary/aromatic N) is 1. The van der Waals surface area contributed by atoms with Gasteiger partial charge in [0, 0.05) is 11.7 Å². The summed E-state index contributed by atoms with van der Waals surface area (Å²) in [6.07, 6.45) is 3.56. The molecule has 0 heterocycles. The molecule has 2 nitrogen and oxygen atoms in total. The topological polar surface area (TPSA) is 35.8 Å². The SMILES string of the molecule is N#Cc1ccc(NC2CCC2)cc1F. The number of hydrogen-bond donors (Lipinski definition) is 1. The van der Waals surface area contributed by atoms with Crippen molar-refractivity contribution in [3.05, 3.63) is 29.6 Å². The second kappa shape index (κ2) is 3.67. The standard InChI is InChI=1S/C11H11FN2/c12-11-6-10(5-4-8(11)7-13)14-9-2-1-3-9/h4-6,9,14H,1-3H2. The average molecular weight is 190 g/mol. The summed E-state index contributed by atoms with van der Waals surface area (Å²) >= 11 is 0. The molecule has 1 fully saturated rings. The Bertz CT molecular complexity index is 377. The van der Waals surface area contributed by atoms with Gasteiger partial charge in [-0.25, -0.2) is 4.39 Å². The Morgan fingerprint density at radius 1 is 1.43 bits per heavy atom. The lowest BCUT2D eigenvalue weighted by Crippen LogP contribution is -2.26. The second-order valence-electron chi connectivity index (χ2n) is 3.58. The van der Waals surface area contributed by atoms with Crippen LogP contribution in [0.15, 0.2) is 18.2 Å². The Hall–Kier alpha value is -1.56. The third kappa shape index (κ3) is 1.69. The number of halogens is 1. The van der Waals surface area contributed by atoms with E-state index in [-0.39, 0.29) is 5.56 Å². The lowest BCUT2D eigenvalue weighted by Gasteiger charge is -2.27. The number of benzene rings is 1. The molecule has 0 atom stereocenters. The first-order chi connectivity index (χ1) is 6.79. The van der Waals surface area contributed by atoms with Gasteiger partial charge in [0.1, 0.15) is 11.9 Å².